The van der Waals surface area contributed by atoms with Crippen LogP contribution in [0.25, 0.3) is 11.1 Å². The average Bonchev–Trinajstić information content (AvgIpc) is 3.00. The van der Waals surface area contributed by atoms with Crippen LogP contribution in [-0.4, -0.2) is 36.5 Å². The number of nitrogens with zero attached hydrogens (tertiary/aromatic N) is 1. The van der Waals surface area contributed by atoms with E-state index < -0.39 is 12.9 Å². The van der Waals surface area contributed by atoms with E-state index in [0.29, 0.717) is 17.8 Å². The summed E-state index contributed by atoms with van der Waals surface area (Å²) in [5.74, 6) is 1.36. The number of fused-ring (bicyclic) bond motifs is 1. The first-order chi connectivity index (χ1) is 13.9. The Hall–Kier alpha value is -2.10. The quantitative estimate of drug-likeness (QED) is 0.709. The zero-order valence-electron chi connectivity index (χ0n) is 19.3. The summed E-state index contributed by atoms with van der Waals surface area (Å²) in [6, 6.07) is 11.5. The van der Waals surface area contributed by atoms with E-state index in [-0.39, 0.29) is 11.1 Å². The van der Waals surface area contributed by atoms with Gasteiger partial charge < -0.3 is 0 Å². The van der Waals surface area contributed by atoms with Gasteiger partial charge >= 0.3 is 180 Å². The minimum absolute atomic E-state index is 0.0144. The SMILES string of the molecule is COc1cccc(OC)c1-c1cccc2c1[PH](O)(C(C)(C)C)CN2C(=O)C(C)(C)C. The fraction of sp³-hybridized carbons (Fsp3) is 0.458. The van der Waals surface area contributed by atoms with Gasteiger partial charge in [-0.15, -0.1) is 0 Å². The van der Waals surface area contributed by atoms with Gasteiger partial charge in [0.05, 0.1) is 0 Å². The van der Waals surface area contributed by atoms with Crippen LogP contribution in [0.15, 0.2) is 36.4 Å². The number of carbonyl (C=O) groups excluding carboxylic acids is 1. The number of amides is 1. The normalized spacial score (nSPS) is 16.8. The third-order valence-electron chi connectivity index (χ3n) is 5.96. The summed E-state index contributed by atoms with van der Waals surface area (Å²) in [5.41, 5.74) is 1.92. The molecule has 2 aromatic carbocycles. The second-order valence-electron chi connectivity index (χ2n) is 9.99. The molecule has 0 aliphatic carbocycles. The van der Waals surface area contributed by atoms with Gasteiger partial charge in [-0.05, 0) is 0 Å². The van der Waals surface area contributed by atoms with Crippen molar-refractivity contribution in [3.63, 3.8) is 0 Å². The van der Waals surface area contributed by atoms with Crippen molar-refractivity contribution in [1.82, 2.24) is 0 Å². The summed E-state index contributed by atoms with van der Waals surface area (Å²) in [6.45, 7) is 11.9. The van der Waals surface area contributed by atoms with Crippen LogP contribution < -0.4 is 19.7 Å². The van der Waals surface area contributed by atoms with E-state index in [1.165, 1.54) is 0 Å². The van der Waals surface area contributed by atoms with Crippen LogP contribution in [0.5, 0.6) is 11.5 Å². The van der Waals surface area contributed by atoms with Crippen LogP contribution in [0.4, 0.5) is 5.69 Å². The second-order valence-corrected chi connectivity index (χ2v) is 14.0. The standard InChI is InChI=1S/C24H34NO4P/c1-23(2,3)22(26)25-15-30(27,24(4,5)6)21-16(11-9-12-17(21)25)20-18(28-7)13-10-14-19(20)29-8/h9-14,27,30H,15H2,1-8H3. The maximum absolute atomic E-state index is 13.3. The molecule has 0 saturated carbocycles. The van der Waals surface area contributed by atoms with Crippen molar-refractivity contribution in [1.29, 1.82) is 0 Å². The fourth-order valence-electron chi connectivity index (χ4n) is 4.12. The van der Waals surface area contributed by atoms with E-state index in [2.05, 4.69) is 20.8 Å². The molecular weight excluding hydrogens is 397 g/mol. The Bertz CT molecular complexity index is 952. The monoisotopic (exact) mass is 431 g/mol. The van der Waals surface area contributed by atoms with Gasteiger partial charge in [0, 0.05) is 0 Å². The number of rotatable bonds is 3. The van der Waals surface area contributed by atoms with Crippen molar-refractivity contribution in [2.45, 2.75) is 46.7 Å². The number of methoxy groups -OCH3 is 2. The molecule has 0 spiro atoms. The first-order valence-corrected chi connectivity index (χ1v) is 12.4. The first-order valence-electron chi connectivity index (χ1n) is 10.3. The Morgan fingerprint density at radius 3 is 1.97 bits per heavy atom. The van der Waals surface area contributed by atoms with Gasteiger partial charge in [-0.1, -0.05) is 0 Å². The van der Waals surface area contributed by atoms with Crippen LogP contribution in [0, 0.1) is 5.41 Å². The molecule has 164 valence electrons. The molecule has 0 unspecified atom stereocenters. The van der Waals surface area contributed by atoms with Crippen LogP contribution in [-0.2, 0) is 4.79 Å². The van der Waals surface area contributed by atoms with E-state index in [1.54, 1.807) is 19.1 Å². The van der Waals surface area contributed by atoms with Gasteiger partial charge in [0.1, 0.15) is 0 Å². The molecule has 0 atom stereocenters. The maximum atomic E-state index is 13.3. The minimum atomic E-state index is -3.12. The molecule has 2 aromatic rings. The number of benzene rings is 2. The predicted octanol–water partition coefficient (Wildman–Crippen LogP) is 4.80. The average molecular weight is 432 g/mol. The molecule has 0 saturated heterocycles. The Kier molecular flexibility index (Phi) is 5.68. The van der Waals surface area contributed by atoms with Crippen molar-refractivity contribution in [3.05, 3.63) is 36.4 Å². The van der Waals surface area contributed by atoms with Crippen molar-refractivity contribution >= 4 is 24.4 Å². The molecule has 3 rings (SSSR count). The summed E-state index contributed by atoms with van der Waals surface area (Å²) < 4.78 is 11.3. The molecule has 0 aromatic heterocycles. The molecular formula is C24H34NO4P. The second kappa shape index (κ2) is 7.55. The zero-order chi connectivity index (χ0) is 22.5. The van der Waals surface area contributed by atoms with Crippen LogP contribution >= 0.6 is 7.49 Å². The van der Waals surface area contributed by atoms with E-state index in [0.717, 1.165) is 22.1 Å². The molecule has 1 aliphatic heterocycles. The molecule has 0 fully saturated rings. The van der Waals surface area contributed by atoms with E-state index in [9.17, 15) is 9.69 Å². The van der Waals surface area contributed by atoms with Crippen LogP contribution in [0.2, 0.25) is 0 Å². The summed E-state index contributed by atoms with van der Waals surface area (Å²) in [6.07, 6.45) is 0.344. The van der Waals surface area contributed by atoms with Gasteiger partial charge in [-0.2, -0.15) is 0 Å². The van der Waals surface area contributed by atoms with Crippen molar-refractivity contribution in [3.8, 4) is 22.6 Å². The Morgan fingerprint density at radius 2 is 1.50 bits per heavy atom. The molecule has 5 nitrogen and oxygen atoms in total. The summed E-state index contributed by atoms with van der Waals surface area (Å²) in [5, 5.41) is 0.498. The van der Waals surface area contributed by atoms with Gasteiger partial charge in [0.15, 0.2) is 0 Å². The topological polar surface area (TPSA) is 59.0 Å². The van der Waals surface area contributed by atoms with E-state index in [4.69, 9.17) is 9.47 Å². The fourth-order valence-corrected chi connectivity index (χ4v) is 7.57. The Morgan fingerprint density at radius 1 is 0.967 bits per heavy atom. The van der Waals surface area contributed by atoms with E-state index in [1.807, 2.05) is 57.2 Å². The molecule has 0 radical (unpaired) electrons. The molecule has 1 amide bonds. The molecule has 1 aliphatic rings. The number of hydrogen-bond donors (Lipinski definition) is 1. The summed E-state index contributed by atoms with van der Waals surface area (Å²) in [7, 11) is 0.141. The van der Waals surface area contributed by atoms with Crippen molar-refractivity contribution in [2.75, 3.05) is 25.4 Å². The zero-order valence-corrected chi connectivity index (χ0v) is 20.3. The van der Waals surface area contributed by atoms with Crippen LogP contribution in [0.3, 0.4) is 0 Å². The van der Waals surface area contributed by atoms with E-state index >= 15 is 0 Å². The van der Waals surface area contributed by atoms with Gasteiger partial charge in [0.2, 0.25) is 0 Å². The van der Waals surface area contributed by atoms with Gasteiger partial charge in [0.25, 0.3) is 0 Å². The van der Waals surface area contributed by atoms with Crippen molar-refractivity contribution in [2.24, 2.45) is 5.41 Å². The number of ether oxygens (including phenoxy) is 2. The molecule has 6 heteroatoms. The van der Waals surface area contributed by atoms with Gasteiger partial charge in [-0.25, -0.2) is 0 Å². The Labute approximate surface area is 180 Å². The number of carbonyl (C=O) groups is 1. The molecule has 0 bridgehead atoms. The first kappa shape index (κ1) is 22.6. The van der Waals surface area contributed by atoms with Gasteiger partial charge in [-0.3, -0.25) is 0 Å². The van der Waals surface area contributed by atoms with Crippen LogP contribution in [0.1, 0.15) is 41.5 Å². The van der Waals surface area contributed by atoms with Crippen molar-refractivity contribution < 1.29 is 19.2 Å². The number of anilines is 1. The third kappa shape index (κ3) is 3.48. The molecule has 30 heavy (non-hydrogen) atoms. The summed E-state index contributed by atoms with van der Waals surface area (Å²) in [4.78, 5) is 27.3. The molecule has 1 N–H and O–H groups in total. The molecule has 1 heterocycles. The summed E-state index contributed by atoms with van der Waals surface area (Å²) >= 11 is 0. The Balaban J connectivity index is 2.38. The number of hydrogen-bond acceptors (Lipinski definition) is 4. The third-order valence-corrected chi connectivity index (χ3v) is 10.6. The predicted molar refractivity (Wildman–Crippen MR) is 127 cm³/mol.